The quantitative estimate of drug-likeness (QED) is 0.559. The normalized spacial score (nSPS) is 14.8. The zero-order chi connectivity index (χ0) is 23.4. The molecule has 0 bridgehead atoms. The van der Waals surface area contributed by atoms with Crippen LogP contribution in [0.1, 0.15) is 26.2 Å². The number of hydrogen-bond donors (Lipinski definition) is 1. The third-order valence-corrected chi connectivity index (χ3v) is 7.30. The Balaban J connectivity index is 1.58. The molecule has 0 aliphatic carbocycles. The predicted octanol–water partition coefficient (Wildman–Crippen LogP) is 2.00. The summed E-state index contributed by atoms with van der Waals surface area (Å²) in [6.07, 6.45) is 2.61. The van der Waals surface area contributed by atoms with Crippen molar-refractivity contribution in [2.24, 2.45) is 0 Å². The van der Waals surface area contributed by atoms with Gasteiger partial charge >= 0.3 is 0 Å². The van der Waals surface area contributed by atoms with Gasteiger partial charge in [-0.1, -0.05) is 23.8 Å². The average Bonchev–Trinajstić information content (AvgIpc) is 2.82. The van der Waals surface area contributed by atoms with Crippen molar-refractivity contribution >= 4 is 32.5 Å². The second kappa shape index (κ2) is 9.67. The molecule has 11 heteroatoms. The molecule has 174 valence electrons. The fourth-order valence-electron chi connectivity index (χ4n) is 3.77. The van der Waals surface area contributed by atoms with Crippen LogP contribution in [-0.4, -0.2) is 53.3 Å². The van der Waals surface area contributed by atoms with E-state index in [1.807, 2.05) is 0 Å². The largest absolute Gasteiger partial charge is 0.492 e. The molecule has 0 radical (unpaired) electrons. The number of hydrogen-bond acceptors (Lipinski definition) is 7. The maximum atomic E-state index is 13.3. The van der Waals surface area contributed by atoms with Crippen LogP contribution < -0.4 is 15.6 Å². The molecule has 1 amide bonds. The molecular formula is C22H25N5O5S. The number of anilines is 1. The minimum Gasteiger partial charge on any atom is -0.492 e. The van der Waals surface area contributed by atoms with Gasteiger partial charge in [-0.3, -0.25) is 9.59 Å². The average molecular weight is 472 g/mol. The van der Waals surface area contributed by atoms with Gasteiger partial charge in [-0.25, -0.2) is 13.1 Å². The molecule has 3 aromatic rings. The number of benzene rings is 2. The molecule has 0 saturated carbocycles. The molecule has 0 atom stereocenters. The minimum atomic E-state index is -3.78. The Bertz CT molecular complexity index is 1330. The fraction of sp³-hybridized carbons (Fsp3) is 0.364. The number of nitrogens with one attached hydrogen (secondary N) is 1. The Morgan fingerprint density at radius 3 is 2.64 bits per heavy atom. The van der Waals surface area contributed by atoms with Gasteiger partial charge < -0.3 is 10.1 Å². The van der Waals surface area contributed by atoms with E-state index in [0.717, 1.165) is 23.9 Å². The first-order chi connectivity index (χ1) is 15.9. The number of sulfonamides is 1. The number of nitrogens with zero attached hydrogens (tertiary/aromatic N) is 4. The number of amides is 1. The molecule has 2 heterocycles. The Hall–Kier alpha value is -3.31. The molecule has 1 aliphatic rings. The summed E-state index contributed by atoms with van der Waals surface area (Å²) in [4.78, 5) is 25.2. The van der Waals surface area contributed by atoms with Crippen LogP contribution >= 0.6 is 0 Å². The smallest absolute Gasteiger partial charge is 0.278 e. The minimum absolute atomic E-state index is 0.00622. The highest BCUT2D eigenvalue weighted by Crippen LogP contribution is 2.31. The second-order valence-electron chi connectivity index (χ2n) is 7.68. The van der Waals surface area contributed by atoms with E-state index in [0.29, 0.717) is 30.6 Å². The van der Waals surface area contributed by atoms with Gasteiger partial charge in [0, 0.05) is 18.8 Å². The summed E-state index contributed by atoms with van der Waals surface area (Å²) >= 11 is 0. The molecule has 1 aromatic heterocycles. The van der Waals surface area contributed by atoms with Crippen molar-refractivity contribution < 1.29 is 17.9 Å². The van der Waals surface area contributed by atoms with E-state index >= 15 is 0 Å². The molecule has 10 nitrogen and oxygen atoms in total. The van der Waals surface area contributed by atoms with Gasteiger partial charge in [-0.2, -0.15) is 4.31 Å². The number of fused-ring (bicyclic) bond motifs is 1. The summed E-state index contributed by atoms with van der Waals surface area (Å²) < 4.78 is 34.5. The number of rotatable bonds is 7. The van der Waals surface area contributed by atoms with Crippen LogP contribution in [0.4, 0.5) is 5.69 Å². The first kappa shape index (κ1) is 22.9. The lowest BCUT2D eigenvalue weighted by molar-refractivity contribution is -0.117. The number of piperidine rings is 1. The van der Waals surface area contributed by atoms with Crippen molar-refractivity contribution in [2.45, 2.75) is 37.6 Å². The number of ether oxygens (including phenoxy) is 1. The summed E-state index contributed by atoms with van der Waals surface area (Å²) in [5.74, 6) is -0.301. The summed E-state index contributed by atoms with van der Waals surface area (Å²) in [6, 6.07) is 11.2. The van der Waals surface area contributed by atoms with E-state index in [-0.39, 0.29) is 22.9 Å². The van der Waals surface area contributed by atoms with Crippen LogP contribution in [0, 0.1) is 0 Å². The third-order valence-electron chi connectivity index (χ3n) is 5.38. The second-order valence-corrected chi connectivity index (χ2v) is 9.58. The van der Waals surface area contributed by atoms with Crippen LogP contribution in [0.15, 0.2) is 52.2 Å². The highest BCUT2D eigenvalue weighted by atomic mass is 32.2. The van der Waals surface area contributed by atoms with Gasteiger partial charge in [0.1, 0.15) is 22.7 Å². The van der Waals surface area contributed by atoms with Crippen LogP contribution in [0.25, 0.3) is 10.9 Å². The van der Waals surface area contributed by atoms with Gasteiger partial charge in [-0.15, -0.1) is 5.10 Å². The molecule has 2 aromatic carbocycles. The lowest BCUT2D eigenvalue weighted by atomic mass is 10.2. The van der Waals surface area contributed by atoms with Crippen molar-refractivity contribution in [3.8, 4) is 5.75 Å². The van der Waals surface area contributed by atoms with Crippen molar-refractivity contribution in [3.05, 3.63) is 52.8 Å². The first-order valence-electron chi connectivity index (χ1n) is 10.8. The molecule has 4 rings (SSSR count). The van der Waals surface area contributed by atoms with E-state index in [4.69, 9.17) is 4.74 Å². The van der Waals surface area contributed by atoms with Gasteiger partial charge in [0.15, 0.2) is 0 Å². The van der Waals surface area contributed by atoms with Crippen LogP contribution in [0.5, 0.6) is 5.75 Å². The lowest BCUT2D eigenvalue weighted by Crippen LogP contribution is -2.36. The molecule has 0 unspecified atom stereocenters. The van der Waals surface area contributed by atoms with Gasteiger partial charge in [0.25, 0.3) is 5.56 Å². The number of carbonyl (C=O) groups excluding carboxylic acids is 1. The molecule has 1 N–H and O–H groups in total. The van der Waals surface area contributed by atoms with Crippen LogP contribution in [0.2, 0.25) is 0 Å². The van der Waals surface area contributed by atoms with Crippen LogP contribution in [0.3, 0.4) is 0 Å². The SMILES string of the molecule is CCOc1ccc(NC(=O)Cn2nnc3ccccc3c2=O)cc1S(=O)(=O)N1CCCCC1. The van der Waals surface area contributed by atoms with Gasteiger partial charge in [0.2, 0.25) is 15.9 Å². The topological polar surface area (TPSA) is 123 Å². The Kier molecular flexibility index (Phi) is 6.70. The molecule has 1 saturated heterocycles. The highest BCUT2D eigenvalue weighted by molar-refractivity contribution is 7.89. The Morgan fingerprint density at radius 2 is 1.88 bits per heavy atom. The molecule has 1 aliphatic heterocycles. The van der Waals surface area contributed by atoms with E-state index in [2.05, 4.69) is 15.6 Å². The summed E-state index contributed by atoms with van der Waals surface area (Å²) in [5.41, 5.74) is 0.287. The van der Waals surface area contributed by atoms with E-state index in [1.54, 1.807) is 37.3 Å². The monoisotopic (exact) mass is 471 g/mol. The standard InChI is InChI=1S/C22H25N5O5S/c1-2-32-19-11-10-16(14-20(19)33(30,31)26-12-6-3-7-13-26)23-21(28)15-27-22(29)17-8-4-5-9-18(17)24-25-27/h4-5,8-11,14H,2-3,6-7,12-13,15H2,1H3,(H,23,28). The molecule has 1 fully saturated rings. The van der Waals surface area contributed by atoms with Crippen molar-refractivity contribution in [2.75, 3.05) is 25.0 Å². The summed E-state index contributed by atoms with van der Waals surface area (Å²) in [5, 5.41) is 10.8. The predicted molar refractivity (Wildman–Crippen MR) is 123 cm³/mol. The van der Waals surface area contributed by atoms with E-state index in [1.165, 1.54) is 16.4 Å². The maximum Gasteiger partial charge on any atom is 0.278 e. The van der Waals surface area contributed by atoms with E-state index < -0.39 is 21.5 Å². The summed E-state index contributed by atoms with van der Waals surface area (Å²) in [7, 11) is -3.78. The summed E-state index contributed by atoms with van der Waals surface area (Å²) in [6.45, 7) is 2.62. The lowest BCUT2D eigenvalue weighted by Gasteiger charge is -2.27. The molecule has 33 heavy (non-hydrogen) atoms. The van der Waals surface area contributed by atoms with Gasteiger partial charge in [0.05, 0.1) is 12.0 Å². The first-order valence-corrected chi connectivity index (χ1v) is 12.2. The third kappa shape index (κ3) is 4.88. The van der Waals surface area contributed by atoms with Crippen molar-refractivity contribution in [3.63, 3.8) is 0 Å². The zero-order valence-electron chi connectivity index (χ0n) is 18.2. The van der Waals surface area contributed by atoms with Crippen molar-refractivity contribution in [1.82, 2.24) is 19.3 Å². The van der Waals surface area contributed by atoms with E-state index in [9.17, 15) is 18.0 Å². The zero-order valence-corrected chi connectivity index (χ0v) is 19.0. The van der Waals surface area contributed by atoms with Crippen molar-refractivity contribution in [1.29, 1.82) is 0 Å². The number of aromatic nitrogens is 3. The van der Waals surface area contributed by atoms with Crippen LogP contribution in [-0.2, 0) is 21.4 Å². The Labute approximate surface area is 191 Å². The maximum absolute atomic E-state index is 13.3. The highest BCUT2D eigenvalue weighted by Gasteiger charge is 2.29. The number of carbonyl (C=O) groups is 1. The molecule has 0 spiro atoms. The van der Waals surface area contributed by atoms with Gasteiger partial charge in [-0.05, 0) is 50.1 Å². The fourth-order valence-corrected chi connectivity index (χ4v) is 5.44. The molecular weight excluding hydrogens is 446 g/mol. The Morgan fingerprint density at radius 1 is 1.12 bits per heavy atom.